The number of ether oxygens (including phenoxy) is 2. The molecule has 0 unspecified atom stereocenters. The van der Waals surface area contributed by atoms with E-state index in [1.54, 1.807) is 7.11 Å². The van der Waals surface area contributed by atoms with Crippen LogP contribution >= 0.6 is 0 Å². The highest BCUT2D eigenvalue weighted by atomic mass is 16.5. The topological polar surface area (TPSA) is 30.5 Å². The van der Waals surface area contributed by atoms with E-state index in [-0.39, 0.29) is 0 Å². The summed E-state index contributed by atoms with van der Waals surface area (Å²) in [6, 6.07) is 0. The molecule has 1 aliphatic rings. The third-order valence-corrected chi connectivity index (χ3v) is 3.60. The molecule has 0 aliphatic carbocycles. The van der Waals surface area contributed by atoms with E-state index in [4.69, 9.17) is 9.47 Å². The van der Waals surface area contributed by atoms with Crippen molar-refractivity contribution in [3.05, 3.63) is 0 Å². The Balaban J connectivity index is 2.30. The molecule has 1 saturated heterocycles. The van der Waals surface area contributed by atoms with Crippen LogP contribution in [-0.2, 0) is 9.47 Å². The molecule has 16 heavy (non-hydrogen) atoms. The Hall–Kier alpha value is -0.120. The van der Waals surface area contributed by atoms with Gasteiger partial charge >= 0.3 is 0 Å². The fourth-order valence-corrected chi connectivity index (χ4v) is 2.29. The van der Waals surface area contributed by atoms with Crippen molar-refractivity contribution in [3.63, 3.8) is 0 Å². The number of methoxy groups -OCH3 is 1. The molecular formula is C13H27NO2. The fourth-order valence-electron chi connectivity index (χ4n) is 2.29. The highest BCUT2D eigenvalue weighted by Gasteiger charge is 2.31. The molecule has 3 heteroatoms. The quantitative estimate of drug-likeness (QED) is 0.647. The van der Waals surface area contributed by atoms with Crippen LogP contribution in [0.1, 0.15) is 39.0 Å². The molecular weight excluding hydrogens is 202 g/mol. The lowest BCUT2D eigenvalue weighted by atomic mass is 9.77. The molecule has 1 N–H and O–H groups in total. The van der Waals surface area contributed by atoms with E-state index in [0.29, 0.717) is 5.41 Å². The van der Waals surface area contributed by atoms with Crippen molar-refractivity contribution in [2.24, 2.45) is 5.41 Å². The van der Waals surface area contributed by atoms with E-state index >= 15 is 0 Å². The molecule has 0 saturated carbocycles. The molecule has 1 aliphatic heterocycles. The minimum Gasteiger partial charge on any atom is -0.385 e. The summed E-state index contributed by atoms with van der Waals surface area (Å²) in [4.78, 5) is 0. The van der Waals surface area contributed by atoms with Gasteiger partial charge in [0.05, 0.1) is 0 Å². The highest BCUT2D eigenvalue weighted by molar-refractivity contribution is 4.84. The molecule has 0 amide bonds. The largest absolute Gasteiger partial charge is 0.385 e. The molecule has 96 valence electrons. The zero-order valence-electron chi connectivity index (χ0n) is 10.9. The summed E-state index contributed by atoms with van der Waals surface area (Å²) in [5.74, 6) is 0. The lowest BCUT2D eigenvalue weighted by Gasteiger charge is -2.37. The van der Waals surface area contributed by atoms with E-state index in [2.05, 4.69) is 12.2 Å². The normalized spacial score (nSPS) is 19.9. The van der Waals surface area contributed by atoms with Crippen LogP contribution in [0.2, 0.25) is 0 Å². The van der Waals surface area contributed by atoms with E-state index in [9.17, 15) is 0 Å². The second-order valence-corrected chi connectivity index (χ2v) is 4.89. The molecule has 1 rings (SSSR count). The number of rotatable bonds is 8. The van der Waals surface area contributed by atoms with Crippen LogP contribution in [0.5, 0.6) is 0 Å². The third-order valence-electron chi connectivity index (χ3n) is 3.60. The van der Waals surface area contributed by atoms with Crippen LogP contribution in [0.3, 0.4) is 0 Å². The summed E-state index contributed by atoms with van der Waals surface area (Å²) >= 11 is 0. The third kappa shape index (κ3) is 4.81. The molecule has 0 bridgehead atoms. The Bertz CT molecular complexity index is 167. The van der Waals surface area contributed by atoms with E-state index in [1.165, 1.54) is 25.7 Å². The molecule has 0 atom stereocenters. The van der Waals surface area contributed by atoms with Gasteiger partial charge in [-0.05, 0) is 37.6 Å². The predicted molar refractivity (Wildman–Crippen MR) is 66.8 cm³/mol. The van der Waals surface area contributed by atoms with E-state index in [0.717, 1.165) is 39.3 Å². The second-order valence-electron chi connectivity index (χ2n) is 4.89. The van der Waals surface area contributed by atoms with Gasteiger partial charge in [-0.1, -0.05) is 13.3 Å². The summed E-state index contributed by atoms with van der Waals surface area (Å²) < 4.78 is 10.7. The summed E-state index contributed by atoms with van der Waals surface area (Å²) in [6.45, 7) is 7.20. The zero-order valence-corrected chi connectivity index (χ0v) is 10.9. The van der Waals surface area contributed by atoms with Crippen molar-refractivity contribution >= 4 is 0 Å². The average Bonchev–Trinajstić information content (AvgIpc) is 2.34. The predicted octanol–water partition coefficient (Wildman–Crippen LogP) is 2.21. The van der Waals surface area contributed by atoms with Crippen LogP contribution in [0.25, 0.3) is 0 Å². The average molecular weight is 229 g/mol. The van der Waals surface area contributed by atoms with Crippen LogP contribution in [0.4, 0.5) is 0 Å². The summed E-state index contributed by atoms with van der Waals surface area (Å²) in [6.07, 6.45) is 6.05. The smallest absolute Gasteiger partial charge is 0.0471 e. The number of nitrogens with one attached hydrogen (secondary N) is 1. The maximum Gasteiger partial charge on any atom is 0.0471 e. The van der Waals surface area contributed by atoms with Crippen LogP contribution in [0.15, 0.2) is 0 Å². The SMILES string of the molecule is CCCCNCC1(CCOC)CCOCC1. The lowest BCUT2D eigenvalue weighted by Crippen LogP contribution is -2.40. The zero-order chi connectivity index (χ0) is 11.7. The maximum absolute atomic E-state index is 5.46. The molecule has 0 radical (unpaired) electrons. The first-order valence-electron chi connectivity index (χ1n) is 6.60. The van der Waals surface area contributed by atoms with Gasteiger partial charge in [-0.3, -0.25) is 0 Å². The Morgan fingerprint density at radius 3 is 2.69 bits per heavy atom. The summed E-state index contributed by atoms with van der Waals surface area (Å²) in [7, 11) is 1.79. The molecule has 3 nitrogen and oxygen atoms in total. The molecule has 0 aromatic heterocycles. The van der Waals surface area contributed by atoms with Gasteiger partial charge in [0.1, 0.15) is 0 Å². The first-order chi connectivity index (χ1) is 7.83. The molecule has 0 aromatic carbocycles. The van der Waals surface area contributed by atoms with Crippen LogP contribution in [-0.4, -0.2) is 40.0 Å². The molecule has 0 aromatic rings. The Labute approximate surface area is 99.9 Å². The lowest BCUT2D eigenvalue weighted by molar-refractivity contribution is -0.00127. The first kappa shape index (κ1) is 13.9. The first-order valence-corrected chi connectivity index (χ1v) is 6.60. The van der Waals surface area contributed by atoms with Gasteiger partial charge in [-0.25, -0.2) is 0 Å². The minimum atomic E-state index is 0.419. The van der Waals surface area contributed by atoms with Crippen LogP contribution in [0, 0.1) is 5.41 Å². The van der Waals surface area contributed by atoms with Crippen LogP contribution < -0.4 is 5.32 Å². The van der Waals surface area contributed by atoms with Crippen molar-refractivity contribution < 1.29 is 9.47 Å². The van der Waals surface area contributed by atoms with E-state index in [1.807, 2.05) is 0 Å². The van der Waals surface area contributed by atoms with Crippen molar-refractivity contribution in [3.8, 4) is 0 Å². The highest BCUT2D eigenvalue weighted by Crippen LogP contribution is 2.33. The summed E-state index contributed by atoms with van der Waals surface area (Å²) in [5.41, 5.74) is 0.419. The van der Waals surface area contributed by atoms with Gasteiger partial charge in [0.15, 0.2) is 0 Å². The molecule has 1 fully saturated rings. The van der Waals surface area contributed by atoms with Gasteiger partial charge in [0, 0.05) is 33.5 Å². The fraction of sp³-hybridized carbons (Fsp3) is 1.00. The van der Waals surface area contributed by atoms with Gasteiger partial charge in [-0.2, -0.15) is 0 Å². The standard InChI is InChI=1S/C13H27NO2/c1-3-4-8-14-12-13(5-9-15-2)6-10-16-11-7-13/h14H,3-12H2,1-2H3. The van der Waals surface area contributed by atoms with Gasteiger partial charge < -0.3 is 14.8 Å². The van der Waals surface area contributed by atoms with Gasteiger partial charge in [-0.15, -0.1) is 0 Å². The second kappa shape index (κ2) is 8.04. The van der Waals surface area contributed by atoms with Gasteiger partial charge in [0.25, 0.3) is 0 Å². The summed E-state index contributed by atoms with van der Waals surface area (Å²) in [5, 5.41) is 3.59. The minimum absolute atomic E-state index is 0.419. The van der Waals surface area contributed by atoms with Crippen molar-refractivity contribution in [2.45, 2.75) is 39.0 Å². The van der Waals surface area contributed by atoms with E-state index < -0.39 is 0 Å². The van der Waals surface area contributed by atoms with Crippen molar-refractivity contribution in [1.82, 2.24) is 5.32 Å². The number of hydrogen-bond donors (Lipinski definition) is 1. The van der Waals surface area contributed by atoms with Gasteiger partial charge in [0.2, 0.25) is 0 Å². The Morgan fingerprint density at radius 1 is 1.31 bits per heavy atom. The van der Waals surface area contributed by atoms with Crippen molar-refractivity contribution in [1.29, 1.82) is 0 Å². The molecule has 1 heterocycles. The number of unbranched alkanes of at least 4 members (excludes halogenated alkanes) is 1. The molecule has 0 spiro atoms. The Morgan fingerprint density at radius 2 is 2.06 bits per heavy atom. The monoisotopic (exact) mass is 229 g/mol. The maximum atomic E-state index is 5.46. The number of hydrogen-bond acceptors (Lipinski definition) is 3. The Kier molecular flexibility index (Phi) is 7.01. The van der Waals surface area contributed by atoms with Crippen molar-refractivity contribution in [2.75, 3.05) is 40.0 Å².